The molecule has 0 saturated carbocycles. The average molecular weight is 376 g/mol. The summed E-state index contributed by atoms with van der Waals surface area (Å²) in [6, 6.07) is 4.16. The summed E-state index contributed by atoms with van der Waals surface area (Å²) in [5.74, 6) is -1.54. The minimum atomic E-state index is -0.406. The Morgan fingerprint density at radius 1 is 1.19 bits per heavy atom. The molecule has 26 heavy (non-hydrogen) atoms. The summed E-state index contributed by atoms with van der Waals surface area (Å²) in [5.41, 5.74) is 1.15. The summed E-state index contributed by atoms with van der Waals surface area (Å²) < 4.78 is 20.5. The molecule has 1 aromatic heterocycles. The summed E-state index contributed by atoms with van der Waals surface area (Å²) in [6.45, 7) is 0.316. The van der Waals surface area contributed by atoms with Crippen LogP contribution in [0.3, 0.4) is 0 Å². The van der Waals surface area contributed by atoms with E-state index in [0.717, 1.165) is 12.8 Å². The van der Waals surface area contributed by atoms with Crippen LogP contribution in [-0.4, -0.2) is 33.8 Å². The summed E-state index contributed by atoms with van der Waals surface area (Å²) in [7, 11) is 0. The van der Waals surface area contributed by atoms with Gasteiger partial charge in [0.05, 0.1) is 42.5 Å². The predicted octanol–water partition coefficient (Wildman–Crippen LogP) is 2.39. The number of aromatic nitrogens is 2. The number of ether oxygens (including phenoxy) is 1. The number of rotatable bonds is 3. The van der Waals surface area contributed by atoms with E-state index in [1.165, 1.54) is 23.2 Å². The van der Waals surface area contributed by atoms with Gasteiger partial charge in [0.1, 0.15) is 5.82 Å². The molecule has 3 fully saturated rings. The molecule has 0 spiro atoms. The maximum Gasteiger partial charge on any atom is 0.240 e. The Kier molecular flexibility index (Phi) is 3.45. The lowest BCUT2D eigenvalue weighted by Gasteiger charge is -2.15. The fourth-order valence-electron chi connectivity index (χ4n) is 4.35. The third kappa shape index (κ3) is 2.23. The zero-order valence-electron chi connectivity index (χ0n) is 13.6. The number of carbonyl (C=O) groups is 2. The molecular formula is C18H15ClFN3O3. The molecular weight excluding hydrogens is 361 g/mol. The number of nitrogens with zero attached hydrogens (tertiary/aromatic N) is 3. The molecule has 0 unspecified atom stereocenters. The van der Waals surface area contributed by atoms with E-state index >= 15 is 0 Å². The van der Waals surface area contributed by atoms with E-state index in [1.54, 1.807) is 16.9 Å². The van der Waals surface area contributed by atoms with Crippen LogP contribution in [0.1, 0.15) is 18.4 Å². The van der Waals surface area contributed by atoms with Crippen molar-refractivity contribution < 1.29 is 18.7 Å². The molecule has 3 aliphatic heterocycles. The molecule has 4 atom stereocenters. The van der Waals surface area contributed by atoms with Crippen molar-refractivity contribution in [1.29, 1.82) is 0 Å². The highest BCUT2D eigenvalue weighted by Crippen LogP contribution is 2.49. The van der Waals surface area contributed by atoms with Crippen LogP contribution < -0.4 is 4.90 Å². The van der Waals surface area contributed by atoms with Gasteiger partial charge in [0.15, 0.2) is 0 Å². The molecule has 6 nitrogen and oxygen atoms in total. The van der Waals surface area contributed by atoms with Gasteiger partial charge in [0.2, 0.25) is 11.8 Å². The second-order valence-electron chi connectivity index (χ2n) is 6.99. The van der Waals surface area contributed by atoms with Crippen molar-refractivity contribution in [3.63, 3.8) is 0 Å². The minimum absolute atomic E-state index is 0.139. The number of benzene rings is 1. The van der Waals surface area contributed by atoms with Crippen molar-refractivity contribution in [2.24, 2.45) is 11.8 Å². The summed E-state index contributed by atoms with van der Waals surface area (Å²) in [6.07, 6.45) is 4.53. The number of halogens is 2. The molecule has 5 rings (SSSR count). The maximum atomic E-state index is 13.2. The Morgan fingerprint density at radius 3 is 2.54 bits per heavy atom. The van der Waals surface area contributed by atoms with E-state index in [0.29, 0.717) is 22.8 Å². The molecule has 3 aliphatic rings. The van der Waals surface area contributed by atoms with Crippen molar-refractivity contribution >= 4 is 29.1 Å². The van der Waals surface area contributed by atoms with Crippen molar-refractivity contribution in [3.8, 4) is 0 Å². The highest BCUT2D eigenvalue weighted by molar-refractivity contribution is 6.31. The van der Waals surface area contributed by atoms with Crippen molar-refractivity contribution in [2.75, 3.05) is 4.90 Å². The van der Waals surface area contributed by atoms with Crippen molar-refractivity contribution in [2.45, 2.75) is 31.6 Å². The first kappa shape index (κ1) is 16.0. The molecule has 2 aromatic rings. The Bertz CT molecular complexity index is 902. The summed E-state index contributed by atoms with van der Waals surface area (Å²) in [5, 5.41) is 4.53. The number of fused-ring (bicyclic) bond motifs is 5. The third-order valence-corrected chi connectivity index (χ3v) is 5.86. The maximum absolute atomic E-state index is 13.2. The topological polar surface area (TPSA) is 64.4 Å². The van der Waals surface area contributed by atoms with E-state index in [-0.39, 0.29) is 35.9 Å². The molecule has 4 heterocycles. The standard InChI is InChI=1S/C18H15ClFN3O3/c19-12-5-10(20)2-1-9(12)7-22-8-11(6-21-22)23-17(24)15-13-3-4-14(26-13)16(15)18(23)25/h1-2,5-6,8,13-16H,3-4,7H2/t13-,14-,15-,16-/m1/s1. The smallest absolute Gasteiger partial charge is 0.240 e. The Balaban J connectivity index is 1.40. The van der Waals surface area contributed by atoms with Gasteiger partial charge in [0, 0.05) is 11.2 Å². The zero-order valence-corrected chi connectivity index (χ0v) is 14.4. The van der Waals surface area contributed by atoms with Gasteiger partial charge in [-0.05, 0) is 30.5 Å². The first-order valence-corrected chi connectivity index (χ1v) is 8.90. The fourth-order valence-corrected chi connectivity index (χ4v) is 4.57. The molecule has 0 N–H and O–H groups in total. The van der Waals surface area contributed by atoms with E-state index < -0.39 is 5.82 Å². The van der Waals surface area contributed by atoms with Gasteiger partial charge < -0.3 is 4.74 Å². The van der Waals surface area contributed by atoms with Gasteiger partial charge in [-0.2, -0.15) is 5.10 Å². The number of carbonyl (C=O) groups excluding carboxylic acids is 2. The lowest BCUT2D eigenvalue weighted by atomic mass is 9.81. The Morgan fingerprint density at radius 2 is 1.88 bits per heavy atom. The molecule has 0 radical (unpaired) electrons. The molecule has 134 valence electrons. The molecule has 3 saturated heterocycles. The molecule has 0 aliphatic carbocycles. The first-order chi connectivity index (χ1) is 12.5. The van der Waals surface area contributed by atoms with Gasteiger partial charge in [-0.3, -0.25) is 14.3 Å². The number of anilines is 1. The van der Waals surface area contributed by atoms with E-state index in [2.05, 4.69) is 5.10 Å². The van der Waals surface area contributed by atoms with Crippen LogP contribution in [0.15, 0.2) is 30.6 Å². The van der Waals surface area contributed by atoms with Gasteiger partial charge in [-0.15, -0.1) is 0 Å². The minimum Gasteiger partial charge on any atom is -0.373 e. The summed E-state index contributed by atoms with van der Waals surface area (Å²) in [4.78, 5) is 26.8. The van der Waals surface area contributed by atoms with Crippen LogP contribution in [0.4, 0.5) is 10.1 Å². The van der Waals surface area contributed by atoms with Crippen LogP contribution in [0.2, 0.25) is 5.02 Å². The number of hydrogen-bond acceptors (Lipinski definition) is 4. The van der Waals surface area contributed by atoms with Crippen LogP contribution in [0.5, 0.6) is 0 Å². The highest BCUT2D eigenvalue weighted by Gasteiger charge is 2.62. The largest absolute Gasteiger partial charge is 0.373 e. The second kappa shape index (κ2) is 5.62. The molecule has 2 amide bonds. The number of imide groups is 1. The van der Waals surface area contributed by atoms with Gasteiger partial charge in [0.25, 0.3) is 0 Å². The Hall–Kier alpha value is -2.25. The van der Waals surface area contributed by atoms with Gasteiger partial charge >= 0.3 is 0 Å². The van der Waals surface area contributed by atoms with Crippen LogP contribution >= 0.6 is 11.6 Å². The predicted molar refractivity (Wildman–Crippen MR) is 90.1 cm³/mol. The van der Waals surface area contributed by atoms with Crippen LogP contribution in [-0.2, 0) is 20.9 Å². The lowest BCUT2D eigenvalue weighted by Crippen LogP contribution is -2.34. The third-order valence-electron chi connectivity index (χ3n) is 5.51. The lowest BCUT2D eigenvalue weighted by molar-refractivity contribution is -0.124. The Labute approximate surface area is 153 Å². The quantitative estimate of drug-likeness (QED) is 0.773. The van der Waals surface area contributed by atoms with E-state index in [4.69, 9.17) is 16.3 Å². The number of hydrogen-bond donors (Lipinski definition) is 0. The zero-order chi connectivity index (χ0) is 18.0. The summed E-state index contributed by atoms with van der Waals surface area (Å²) >= 11 is 6.05. The first-order valence-electron chi connectivity index (χ1n) is 8.52. The highest BCUT2D eigenvalue weighted by atomic mass is 35.5. The van der Waals surface area contributed by atoms with Gasteiger partial charge in [-0.1, -0.05) is 17.7 Å². The second-order valence-corrected chi connectivity index (χ2v) is 7.39. The molecule has 1 aromatic carbocycles. The fraction of sp³-hybridized carbons (Fsp3) is 0.389. The molecule has 8 heteroatoms. The van der Waals surface area contributed by atoms with Crippen molar-refractivity contribution in [3.05, 3.63) is 47.0 Å². The SMILES string of the molecule is O=C1[C@H]2[C@H](C(=O)N1c1cnn(Cc3ccc(F)cc3Cl)c1)[C@H]1CC[C@H]2O1. The van der Waals surface area contributed by atoms with Crippen LogP contribution in [0, 0.1) is 17.7 Å². The van der Waals surface area contributed by atoms with E-state index in [1.807, 2.05) is 0 Å². The molecule has 2 bridgehead atoms. The van der Waals surface area contributed by atoms with Crippen molar-refractivity contribution in [1.82, 2.24) is 9.78 Å². The average Bonchev–Trinajstić information content (AvgIpc) is 3.35. The normalized spacial score (nSPS) is 29.7. The van der Waals surface area contributed by atoms with Gasteiger partial charge in [-0.25, -0.2) is 9.29 Å². The number of amides is 2. The van der Waals surface area contributed by atoms with E-state index in [9.17, 15) is 14.0 Å². The van der Waals surface area contributed by atoms with Crippen LogP contribution in [0.25, 0.3) is 0 Å². The monoisotopic (exact) mass is 375 g/mol.